The number of nitrogens with zero attached hydrogens (tertiary/aromatic N) is 2. The fraction of sp³-hybridized carbons (Fsp3) is 0.750. The maximum absolute atomic E-state index is 5.79. The molecule has 96 valence electrons. The van der Waals surface area contributed by atoms with Crippen molar-refractivity contribution in [2.75, 3.05) is 13.2 Å². The number of morpholine rings is 1. The van der Waals surface area contributed by atoms with E-state index >= 15 is 0 Å². The summed E-state index contributed by atoms with van der Waals surface area (Å²) in [6, 6.07) is 0.794. The van der Waals surface area contributed by atoms with Crippen molar-refractivity contribution in [1.29, 1.82) is 0 Å². The van der Waals surface area contributed by atoms with E-state index < -0.39 is 0 Å². The molecule has 0 amide bonds. The van der Waals surface area contributed by atoms with Crippen LogP contribution in [0.15, 0.2) is 5.38 Å². The Morgan fingerprint density at radius 2 is 2.41 bits per heavy atom. The molecular formula is C12H19ClN2OS. The van der Waals surface area contributed by atoms with E-state index in [9.17, 15) is 0 Å². The first-order valence-electron chi connectivity index (χ1n) is 5.99. The first-order chi connectivity index (χ1) is 8.11. The van der Waals surface area contributed by atoms with Gasteiger partial charge in [0.25, 0.3) is 0 Å². The maximum atomic E-state index is 5.79. The molecule has 1 aromatic rings. The van der Waals surface area contributed by atoms with Crippen LogP contribution in [0.4, 0.5) is 0 Å². The molecule has 0 spiro atoms. The minimum absolute atomic E-state index is 0.307. The Hall–Kier alpha value is -0.160. The molecule has 0 bridgehead atoms. The molecule has 0 aliphatic carbocycles. The molecule has 0 aromatic carbocycles. The minimum atomic E-state index is 0.307. The van der Waals surface area contributed by atoms with Crippen LogP contribution in [0.1, 0.15) is 37.5 Å². The lowest BCUT2D eigenvalue weighted by Crippen LogP contribution is -2.48. The van der Waals surface area contributed by atoms with Gasteiger partial charge in [-0.05, 0) is 20.8 Å². The molecule has 2 heterocycles. The second-order valence-electron chi connectivity index (χ2n) is 4.68. The summed E-state index contributed by atoms with van der Waals surface area (Å²) in [6.07, 6.45) is 0.307. The lowest BCUT2D eigenvalue weighted by Gasteiger charge is -2.39. The van der Waals surface area contributed by atoms with Crippen molar-refractivity contribution in [1.82, 2.24) is 9.88 Å². The standard InChI is InChI=1S/C12H19ClN2OS/c1-8-6-16-9(2)5-15(8)10(3)12-14-11(4-13)7-17-12/h7-10H,4-6H2,1-3H3. The summed E-state index contributed by atoms with van der Waals surface area (Å²) in [5.74, 6) is 0.498. The van der Waals surface area contributed by atoms with Crippen LogP contribution in [0.3, 0.4) is 0 Å². The Bertz CT molecular complexity index is 371. The Balaban J connectivity index is 2.09. The molecule has 1 aromatic heterocycles. The van der Waals surface area contributed by atoms with Gasteiger partial charge in [0.2, 0.25) is 0 Å². The monoisotopic (exact) mass is 274 g/mol. The number of ether oxygens (including phenoxy) is 1. The molecule has 1 fully saturated rings. The highest BCUT2D eigenvalue weighted by Gasteiger charge is 2.29. The van der Waals surface area contributed by atoms with Gasteiger partial charge in [-0.1, -0.05) is 0 Å². The number of hydrogen-bond acceptors (Lipinski definition) is 4. The Morgan fingerprint density at radius 3 is 3.06 bits per heavy atom. The first kappa shape index (κ1) is 13.3. The number of thiazole rings is 1. The smallest absolute Gasteiger partial charge is 0.110 e. The van der Waals surface area contributed by atoms with Crippen molar-refractivity contribution in [3.63, 3.8) is 0 Å². The second-order valence-corrected chi connectivity index (χ2v) is 5.83. The van der Waals surface area contributed by atoms with Crippen LogP contribution < -0.4 is 0 Å². The third-order valence-electron chi connectivity index (χ3n) is 3.22. The average molecular weight is 275 g/mol. The number of hydrogen-bond donors (Lipinski definition) is 0. The Labute approximate surface area is 112 Å². The van der Waals surface area contributed by atoms with Gasteiger partial charge in [-0.3, -0.25) is 4.90 Å². The highest BCUT2D eigenvalue weighted by atomic mass is 35.5. The van der Waals surface area contributed by atoms with E-state index in [4.69, 9.17) is 16.3 Å². The molecule has 3 unspecified atom stereocenters. The van der Waals surface area contributed by atoms with E-state index in [0.717, 1.165) is 23.9 Å². The molecule has 0 saturated carbocycles. The van der Waals surface area contributed by atoms with Crippen LogP contribution in [0.2, 0.25) is 0 Å². The number of halogens is 1. The maximum Gasteiger partial charge on any atom is 0.110 e. The summed E-state index contributed by atoms with van der Waals surface area (Å²) in [5, 5.41) is 3.20. The summed E-state index contributed by atoms with van der Waals surface area (Å²) >= 11 is 7.49. The third-order valence-corrected chi connectivity index (χ3v) is 4.55. The normalized spacial score (nSPS) is 28.2. The molecule has 3 atom stereocenters. The highest BCUT2D eigenvalue weighted by Crippen LogP contribution is 2.28. The summed E-state index contributed by atoms with van der Waals surface area (Å²) in [4.78, 5) is 7.03. The van der Waals surface area contributed by atoms with Crippen molar-refractivity contribution >= 4 is 22.9 Å². The third kappa shape index (κ3) is 2.99. The summed E-state index contributed by atoms with van der Waals surface area (Å²) < 4.78 is 5.65. The van der Waals surface area contributed by atoms with Gasteiger partial charge in [-0.2, -0.15) is 0 Å². The largest absolute Gasteiger partial charge is 0.376 e. The number of rotatable bonds is 3. The van der Waals surface area contributed by atoms with Gasteiger partial charge in [0.05, 0.1) is 30.3 Å². The zero-order valence-corrected chi connectivity index (χ0v) is 12.1. The van der Waals surface area contributed by atoms with Crippen LogP contribution in [0, 0.1) is 0 Å². The molecule has 1 aliphatic heterocycles. The first-order valence-corrected chi connectivity index (χ1v) is 7.40. The van der Waals surface area contributed by atoms with E-state index in [-0.39, 0.29) is 0 Å². The lowest BCUT2D eigenvalue weighted by atomic mass is 10.1. The van der Waals surface area contributed by atoms with E-state index in [1.165, 1.54) is 0 Å². The van der Waals surface area contributed by atoms with Crippen LogP contribution in [-0.4, -0.2) is 35.2 Å². The topological polar surface area (TPSA) is 25.4 Å². The van der Waals surface area contributed by atoms with Crippen LogP contribution >= 0.6 is 22.9 Å². The predicted molar refractivity (Wildman–Crippen MR) is 71.7 cm³/mol. The van der Waals surface area contributed by atoms with E-state index in [1.807, 2.05) is 5.38 Å². The second kappa shape index (κ2) is 5.65. The van der Waals surface area contributed by atoms with Crippen molar-refractivity contribution in [3.8, 4) is 0 Å². The Kier molecular flexibility index (Phi) is 4.42. The van der Waals surface area contributed by atoms with E-state index in [1.54, 1.807) is 11.3 Å². The van der Waals surface area contributed by atoms with E-state index in [0.29, 0.717) is 24.1 Å². The minimum Gasteiger partial charge on any atom is -0.376 e. The van der Waals surface area contributed by atoms with Crippen LogP contribution in [-0.2, 0) is 10.6 Å². The van der Waals surface area contributed by atoms with Crippen molar-refractivity contribution in [2.45, 2.75) is 44.8 Å². The van der Waals surface area contributed by atoms with Gasteiger partial charge in [-0.15, -0.1) is 22.9 Å². The highest BCUT2D eigenvalue weighted by molar-refractivity contribution is 7.09. The fourth-order valence-corrected chi connectivity index (χ4v) is 3.31. The number of aromatic nitrogens is 1. The van der Waals surface area contributed by atoms with Crippen molar-refractivity contribution < 1.29 is 4.74 Å². The fourth-order valence-electron chi connectivity index (χ4n) is 2.19. The van der Waals surface area contributed by atoms with Crippen LogP contribution in [0.25, 0.3) is 0 Å². The molecule has 0 radical (unpaired) electrons. The zero-order valence-electron chi connectivity index (χ0n) is 10.5. The van der Waals surface area contributed by atoms with Gasteiger partial charge >= 0.3 is 0 Å². The summed E-state index contributed by atoms with van der Waals surface area (Å²) in [5.41, 5.74) is 0.979. The average Bonchev–Trinajstić information content (AvgIpc) is 2.80. The molecule has 3 nitrogen and oxygen atoms in total. The van der Waals surface area contributed by atoms with Gasteiger partial charge in [-0.25, -0.2) is 4.98 Å². The quantitative estimate of drug-likeness (QED) is 0.792. The zero-order chi connectivity index (χ0) is 12.4. The number of alkyl halides is 1. The summed E-state index contributed by atoms with van der Waals surface area (Å²) in [6.45, 7) is 8.32. The van der Waals surface area contributed by atoms with Gasteiger partial charge < -0.3 is 4.74 Å². The molecule has 5 heteroatoms. The van der Waals surface area contributed by atoms with Gasteiger partial charge in [0.1, 0.15) is 5.01 Å². The van der Waals surface area contributed by atoms with Gasteiger partial charge in [0, 0.05) is 18.0 Å². The summed E-state index contributed by atoms with van der Waals surface area (Å²) in [7, 11) is 0. The van der Waals surface area contributed by atoms with E-state index in [2.05, 4.69) is 30.7 Å². The van der Waals surface area contributed by atoms with Crippen LogP contribution in [0.5, 0.6) is 0 Å². The van der Waals surface area contributed by atoms with Crippen molar-refractivity contribution in [2.24, 2.45) is 0 Å². The predicted octanol–water partition coefficient (Wildman–Crippen LogP) is 3.05. The molecule has 2 rings (SSSR count). The van der Waals surface area contributed by atoms with Gasteiger partial charge in [0.15, 0.2) is 0 Å². The SMILES string of the molecule is CC1CN(C(C)c2nc(CCl)cs2)C(C)CO1. The lowest BCUT2D eigenvalue weighted by molar-refractivity contribution is -0.0640. The Morgan fingerprint density at radius 1 is 1.65 bits per heavy atom. The molecule has 1 aliphatic rings. The molecule has 1 saturated heterocycles. The molecule has 0 N–H and O–H groups in total. The molecular weight excluding hydrogens is 256 g/mol. The van der Waals surface area contributed by atoms with Crippen molar-refractivity contribution in [3.05, 3.63) is 16.1 Å². The molecule has 17 heavy (non-hydrogen) atoms.